The first-order valence-electron chi connectivity index (χ1n) is 5.07. The third-order valence-electron chi connectivity index (χ3n) is 2.40. The van der Waals surface area contributed by atoms with Gasteiger partial charge in [0.05, 0.1) is 7.11 Å². The minimum Gasteiger partial charge on any atom is -0.497 e. The summed E-state index contributed by atoms with van der Waals surface area (Å²) in [6, 6.07) is 6.86. The van der Waals surface area contributed by atoms with Crippen LogP contribution in [0, 0.1) is 0 Å². The van der Waals surface area contributed by atoms with E-state index >= 15 is 0 Å². The highest BCUT2D eigenvalue weighted by molar-refractivity contribution is 6.66. The average molecular weight is 244 g/mol. The molecule has 0 atom stereocenters. The van der Waals surface area contributed by atoms with Crippen molar-refractivity contribution >= 4 is 12.7 Å². The van der Waals surface area contributed by atoms with Gasteiger partial charge in [-0.1, -0.05) is 6.07 Å². The monoisotopic (exact) mass is 244 g/mol. The summed E-state index contributed by atoms with van der Waals surface area (Å²) in [7, 11) is 3.10. The van der Waals surface area contributed by atoms with Crippen LogP contribution in [0.25, 0.3) is 0 Å². The van der Waals surface area contributed by atoms with Crippen molar-refractivity contribution in [2.75, 3.05) is 25.6 Å². The molecule has 0 heterocycles. The molecule has 17 heavy (non-hydrogen) atoms. The van der Waals surface area contributed by atoms with E-state index < -0.39 is 12.4 Å². The Bertz CT molecular complexity index is 406. The minimum absolute atomic E-state index is 0.239. The molecule has 1 aromatic carbocycles. The standard InChI is InChI=1S/C11H14BF3NO/c1-9(12(13,14)15)8-16(2)10-5-4-6-11(7-10)17-3/h4-7H,1,8H2,2-3H3/q-1. The van der Waals surface area contributed by atoms with E-state index in [1.54, 1.807) is 31.3 Å². The Hall–Kier alpha value is -1.59. The van der Waals surface area contributed by atoms with E-state index in [9.17, 15) is 12.9 Å². The summed E-state index contributed by atoms with van der Waals surface area (Å²) in [5.74, 6) is 0.609. The van der Waals surface area contributed by atoms with Crippen LogP contribution in [-0.4, -0.2) is 27.7 Å². The molecule has 0 aliphatic heterocycles. The van der Waals surface area contributed by atoms with Gasteiger partial charge in [0.25, 0.3) is 0 Å². The molecule has 1 aromatic rings. The zero-order valence-corrected chi connectivity index (χ0v) is 9.79. The summed E-state index contributed by atoms with van der Waals surface area (Å²) >= 11 is 0. The summed E-state index contributed by atoms with van der Waals surface area (Å²) < 4.78 is 42.2. The zero-order valence-electron chi connectivity index (χ0n) is 9.79. The number of halogens is 3. The molecule has 0 saturated carbocycles. The van der Waals surface area contributed by atoms with Crippen LogP contribution in [0.1, 0.15) is 0 Å². The maximum absolute atomic E-state index is 12.4. The first kappa shape index (κ1) is 13.5. The van der Waals surface area contributed by atoms with Gasteiger partial charge in [-0.2, -0.15) is 0 Å². The Morgan fingerprint density at radius 3 is 2.59 bits per heavy atom. The predicted molar refractivity (Wildman–Crippen MR) is 64.5 cm³/mol. The summed E-state index contributed by atoms with van der Waals surface area (Å²) in [5.41, 5.74) is -0.0548. The molecule has 0 N–H and O–H groups in total. The number of hydrogen-bond acceptors (Lipinski definition) is 2. The lowest BCUT2D eigenvalue weighted by Crippen LogP contribution is -2.30. The van der Waals surface area contributed by atoms with Crippen LogP contribution >= 0.6 is 0 Å². The number of benzene rings is 1. The van der Waals surface area contributed by atoms with Crippen molar-refractivity contribution in [2.45, 2.75) is 0 Å². The number of nitrogens with zero attached hydrogens (tertiary/aromatic N) is 1. The number of rotatable bonds is 5. The second-order valence-corrected chi connectivity index (χ2v) is 3.79. The number of anilines is 1. The van der Waals surface area contributed by atoms with Crippen LogP contribution in [0.4, 0.5) is 18.6 Å². The molecule has 0 aliphatic rings. The molecule has 0 bridgehead atoms. The van der Waals surface area contributed by atoms with Gasteiger partial charge in [-0.25, -0.2) is 0 Å². The summed E-state index contributed by atoms with van der Waals surface area (Å²) in [6.45, 7) is -2.16. The second-order valence-electron chi connectivity index (χ2n) is 3.79. The van der Waals surface area contributed by atoms with Crippen molar-refractivity contribution in [3.8, 4) is 5.75 Å². The highest BCUT2D eigenvalue weighted by atomic mass is 19.4. The summed E-state index contributed by atoms with van der Waals surface area (Å²) in [5, 5.41) is 0. The predicted octanol–water partition coefficient (Wildman–Crippen LogP) is 3.07. The van der Waals surface area contributed by atoms with Gasteiger partial charge in [-0.3, -0.25) is 0 Å². The van der Waals surface area contributed by atoms with E-state index in [4.69, 9.17) is 4.74 Å². The Morgan fingerprint density at radius 1 is 1.41 bits per heavy atom. The number of likely N-dealkylation sites (N-methyl/N-ethyl adjacent to an activating group) is 1. The molecule has 0 amide bonds. The quantitative estimate of drug-likeness (QED) is 0.738. The highest BCUT2D eigenvalue weighted by Gasteiger charge is 2.27. The van der Waals surface area contributed by atoms with E-state index in [0.717, 1.165) is 0 Å². The van der Waals surface area contributed by atoms with Crippen molar-refractivity contribution in [1.29, 1.82) is 0 Å². The van der Waals surface area contributed by atoms with Crippen LogP contribution in [0.15, 0.2) is 36.3 Å². The fourth-order valence-electron chi connectivity index (χ4n) is 1.35. The average Bonchev–Trinajstić information content (AvgIpc) is 2.27. The van der Waals surface area contributed by atoms with Crippen molar-refractivity contribution < 1.29 is 17.7 Å². The van der Waals surface area contributed by atoms with Gasteiger partial charge in [-0.15, -0.1) is 12.1 Å². The summed E-state index contributed by atoms with van der Waals surface area (Å²) in [6.07, 6.45) is 0. The van der Waals surface area contributed by atoms with Gasteiger partial charge in [0.1, 0.15) is 5.75 Å². The van der Waals surface area contributed by atoms with Crippen LogP contribution in [0.5, 0.6) is 5.75 Å². The van der Waals surface area contributed by atoms with Gasteiger partial charge in [0, 0.05) is 25.3 Å². The van der Waals surface area contributed by atoms with Crippen molar-refractivity contribution in [3.05, 3.63) is 36.3 Å². The molecule has 0 unspecified atom stereocenters. The molecule has 2 nitrogen and oxygen atoms in total. The topological polar surface area (TPSA) is 12.5 Å². The normalized spacial score (nSPS) is 11.1. The third-order valence-corrected chi connectivity index (χ3v) is 2.40. The van der Waals surface area contributed by atoms with Crippen LogP contribution in [-0.2, 0) is 0 Å². The van der Waals surface area contributed by atoms with Gasteiger partial charge in [0.2, 0.25) is 0 Å². The SMILES string of the molecule is C=C(CN(C)c1cccc(OC)c1)[B-](F)(F)F. The molecular weight excluding hydrogens is 230 g/mol. The van der Waals surface area contributed by atoms with E-state index in [0.29, 0.717) is 11.4 Å². The molecule has 0 spiro atoms. The molecule has 94 valence electrons. The maximum atomic E-state index is 12.4. The van der Waals surface area contributed by atoms with Crippen molar-refractivity contribution in [1.82, 2.24) is 0 Å². The van der Waals surface area contributed by atoms with E-state index in [2.05, 4.69) is 6.58 Å². The van der Waals surface area contributed by atoms with E-state index in [1.807, 2.05) is 0 Å². The zero-order chi connectivity index (χ0) is 13.1. The first-order chi connectivity index (χ1) is 7.84. The van der Waals surface area contributed by atoms with E-state index in [-0.39, 0.29) is 6.54 Å². The third kappa shape index (κ3) is 3.73. The molecular formula is C11H14BF3NO-. The summed E-state index contributed by atoms with van der Waals surface area (Å²) in [4.78, 5) is 1.49. The molecule has 6 heteroatoms. The van der Waals surface area contributed by atoms with Crippen molar-refractivity contribution in [3.63, 3.8) is 0 Å². The largest absolute Gasteiger partial charge is 0.506 e. The molecule has 0 radical (unpaired) electrons. The van der Waals surface area contributed by atoms with Gasteiger partial charge < -0.3 is 22.6 Å². The lowest BCUT2D eigenvalue weighted by Gasteiger charge is -2.26. The highest BCUT2D eigenvalue weighted by Crippen LogP contribution is 2.23. The molecule has 0 aromatic heterocycles. The molecule has 1 rings (SSSR count). The Balaban J connectivity index is 2.76. The van der Waals surface area contributed by atoms with Gasteiger partial charge in [-0.05, 0) is 12.1 Å². The Morgan fingerprint density at radius 2 is 2.06 bits per heavy atom. The lowest BCUT2D eigenvalue weighted by molar-refractivity contribution is 0.415. The number of hydrogen-bond donors (Lipinski definition) is 0. The minimum atomic E-state index is -4.98. The Labute approximate surface area is 98.7 Å². The van der Waals surface area contributed by atoms with Crippen LogP contribution < -0.4 is 9.64 Å². The van der Waals surface area contributed by atoms with Gasteiger partial charge >= 0.3 is 6.98 Å². The Kier molecular flexibility index (Phi) is 4.09. The molecule has 0 saturated heterocycles. The lowest BCUT2D eigenvalue weighted by atomic mass is 9.80. The van der Waals surface area contributed by atoms with Crippen LogP contribution in [0.2, 0.25) is 0 Å². The van der Waals surface area contributed by atoms with Gasteiger partial charge in [0.15, 0.2) is 0 Å². The number of ether oxygens (including phenoxy) is 1. The van der Waals surface area contributed by atoms with E-state index in [1.165, 1.54) is 12.0 Å². The fraction of sp³-hybridized carbons (Fsp3) is 0.273. The molecule has 0 aliphatic carbocycles. The fourth-order valence-corrected chi connectivity index (χ4v) is 1.35. The maximum Gasteiger partial charge on any atom is 0.506 e. The second kappa shape index (κ2) is 5.16. The number of methoxy groups -OCH3 is 1. The smallest absolute Gasteiger partial charge is 0.497 e. The first-order valence-corrected chi connectivity index (χ1v) is 5.07. The van der Waals surface area contributed by atoms with Crippen LogP contribution in [0.3, 0.4) is 0 Å². The molecule has 0 fully saturated rings. The van der Waals surface area contributed by atoms with Crippen molar-refractivity contribution in [2.24, 2.45) is 0 Å².